The Morgan fingerprint density at radius 1 is 1.09 bits per heavy atom. The molecule has 6 heteroatoms. The molecule has 5 nitrogen and oxygen atoms in total. The lowest BCUT2D eigenvalue weighted by atomic mass is 10.2. The van der Waals surface area contributed by atoms with Crippen LogP contribution in [0.5, 0.6) is 5.75 Å². The Bertz CT molecular complexity index is 951. The van der Waals surface area contributed by atoms with E-state index in [1.54, 1.807) is 48.7 Å². The number of ether oxygens (including phenoxy) is 1. The summed E-state index contributed by atoms with van der Waals surface area (Å²) in [5.41, 5.74) is 2.10. The lowest BCUT2D eigenvalue weighted by Crippen LogP contribution is -2.13. The van der Waals surface area contributed by atoms with Crippen molar-refractivity contribution in [1.82, 2.24) is 4.98 Å². The molecular weight excluding hydrogens is 312 g/mol. The van der Waals surface area contributed by atoms with Crippen molar-refractivity contribution in [3.05, 3.63) is 60.3 Å². The Balaban J connectivity index is 2.08. The maximum absolute atomic E-state index is 12.6. The van der Waals surface area contributed by atoms with Crippen molar-refractivity contribution in [3.8, 4) is 5.75 Å². The van der Waals surface area contributed by atoms with Crippen LogP contribution in [0.4, 0.5) is 5.69 Å². The van der Waals surface area contributed by atoms with Crippen LogP contribution in [0.2, 0.25) is 0 Å². The second-order valence-electron chi connectivity index (χ2n) is 5.16. The van der Waals surface area contributed by atoms with Crippen LogP contribution < -0.4 is 9.46 Å². The van der Waals surface area contributed by atoms with Gasteiger partial charge < -0.3 is 4.74 Å². The van der Waals surface area contributed by atoms with E-state index in [4.69, 9.17) is 4.74 Å². The molecule has 118 valence electrons. The molecule has 3 aromatic rings. The second kappa shape index (κ2) is 5.89. The van der Waals surface area contributed by atoms with Gasteiger partial charge in [-0.15, -0.1) is 0 Å². The molecule has 0 aliphatic heterocycles. The summed E-state index contributed by atoms with van der Waals surface area (Å²) in [6.07, 6.45) is 1.65. The molecule has 0 aliphatic rings. The highest BCUT2D eigenvalue weighted by molar-refractivity contribution is 7.92. The predicted molar refractivity (Wildman–Crippen MR) is 90.3 cm³/mol. The van der Waals surface area contributed by atoms with E-state index in [-0.39, 0.29) is 4.90 Å². The van der Waals surface area contributed by atoms with Crippen molar-refractivity contribution in [2.45, 2.75) is 11.8 Å². The van der Waals surface area contributed by atoms with Gasteiger partial charge in [0.25, 0.3) is 10.0 Å². The largest absolute Gasteiger partial charge is 0.497 e. The fourth-order valence-electron chi connectivity index (χ4n) is 2.28. The number of nitrogens with one attached hydrogen (secondary N) is 1. The van der Waals surface area contributed by atoms with Gasteiger partial charge in [0.1, 0.15) is 5.75 Å². The molecular formula is C17H16N2O3S. The summed E-state index contributed by atoms with van der Waals surface area (Å²) >= 11 is 0. The van der Waals surface area contributed by atoms with E-state index < -0.39 is 10.0 Å². The third-order valence-electron chi connectivity index (χ3n) is 3.51. The van der Waals surface area contributed by atoms with E-state index in [1.807, 2.05) is 13.0 Å². The maximum atomic E-state index is 12.6. The Labute approximate surface area is 135 Å². The van der Waals surface area contributed by atoms with Gasteiger partial charge in [0.05, 0.1) is 23.2 Å². The summed E-state index contributed by atoms with van der Waals surface area (Å²) in [4.78, 5) is 4.46. The topological polar surface area (TPSA) is 68.3 Å². The van der Waals surface area contributed by atoms with E-state index in [0.717, 1.165) is 5.56 Å². The number of hydrogen-bond acceptors (Lipinski definition) is 4. The average molecular weight is 328 g/mol. The molecule has 0 saturated heterocycles. The lowest BCUT2D eigenvalue weighted by molar-refractivity contribution is 0.415. The Morgan fingerprint density at radius 2 is 1.83 bits per heavy atom. The van der Waals surface area contributed by atoms with E-state index in [2.05, 4.69) is 9.71 Å². The first-order valence-electron chi connectivity index (χ1n) is 7.02. The zero-order valence-electron chi connectivity index (χ0n) is 12.8. The van der Waals surface area contributed by atoms with Crippen molar-refractivity contribution in [1.29, 1.82) is 0 Å². The van der Waals surface area contributed by atoms with Crippen LogP contribution in [0.1, 0.15) is 5.56 Å². The van der Waals surface area contributed by atoms with E-state index in [0.29, 0.717) is 22.3 Å². The van der Waals surface area contributed by atoms with Gasteiger partial charge in [-0.1, -0.05) is 17.7 Å². The number of benzene rings is 2. The minimum absolute atomic E-state index is 0.211. The minimum Gasteiger partial charge on any atom is -0.497 e. The zero-order valence-corrected chi connectivity index (χ0v) is 13.6. The van der Waals surface area contributed by atoms with E-state index in [9.17, 15) is 8.42 Å². The molecule has 2 aromatic carbocycles. The molecule has 0 atom stereocenters. The third kappa shape index (κ3) is 3.12. The van der Waals surface area contributed by atoms with Gasteiger partial charge in [-0.3, -0.25) is 9.71 Å². The quantitative estimate of drug-likeness (QED) is 0.797. The summed E-state index contributed by atoms with van der Waals surface area (Å²) < 4.78 is 33.0. The number of hydrogen-bond donors (Lipinski definition) is 1. The zero-order chi connectivity index (χ0) is 16.4. The molecule has 0 spiro atoms. The Hall–Kier alpha value is -2.60. The van der Waals surface area contributed by atoms with Crippen LogP contribution in [0.25, 0.3) is 10.9 Å². The molecule has 0 fully saturated rings. The third-order valence-corrected chi connectivity index (χ3v) is 4.89. The highest BCUT2D eigenvalue weighted by Crippen LogP contribution is 2.29. The van der Waals surface area contributed by atoms with Gasteiger partial charge >= 0.3 is 0 Å². The molecule has 0 bridgehead atoms. The number of methoxy groups -OCH3 is 1. The number of pyridine rings is 1. The number of nitrogens with zero attached hydrogens (tertiary/aromatic N) is 1. The first kappa shape index (κ1) is 15.3. The van der Waals surface area contributed by atoms with Crippen LogP contribution in [0.15, 0.2) is 59.6 Å². The minimum atomic E-state index is -3.68. The summed E-state index contributed by atoms with van der Waals surface area (Å²) in [6, 6.07) is 13.7. The van der Waals surface area contributed by atoms with Crippen LogP contribution in [0.3, 0.4) is 0 Å². The van der Waals surface area contributed by atoms with E-state index >= 15 is 0 Å². The summed E-state index contributed by atoms with van der Waals surface area (Å²) in [7, 11) is -2.15. The van der Waals surface area contributed by atoms with Gasteiger partial charge in [0.2, 0.25) is 0 Å². The SMILES string of the molecule is COc1cc(NS(=O)(=O)c2ccc(C)cc2)c2cccnc2c1. The predicted octanol–water partition coefficient (Wildman–Crippen LogP) is 3.35. The number of anilines is 1. The average Bonchev–Trinajstić information content (AvgIpc) is 2.54. The molecule has 0 unspecified atom stereocenters. The molecule has 23 heavy (non-hydrogen) atoms. The molecule has 1 aromatic heterocycles. The number of sulfonamides is 1. The first-order chi connectivity index (χ1) is 11.0. The maximum Gasteiger partial charge on any atom is 0.261 e. The van der Waals surface area contributed by atoms with Gasteiger partial charge in [-0.25, -0.2) is 8.42 Å². The molecule has 3 rings (SSSR count). The highest BCUT2D eigenvalue weighted by atomic mass is 32.2. The van der Waals surface area contributed by atoms with Gasteiger partial charge in [-0.2, -0.15) is 0 Å². The lowest BCUT2D eigenvalue weighted by Gasteiger charge is -2.12. The highest BCUT2D eigenvalue weighted by Gasteiger charge is 2.16. The van der Waals surface area contributed by atoms with Crippen molar-refractivity contribution in [2.24, 2.45) is 0 Å². The standard InChI is InChI=1S/C17H16N2O3S/c1-12-5-7-14(8-6-12)23(20,21)19-17-11-13(22-2)10-16-15(17)4-3-9-18-16/h3-11,19H,1-2H3. The van der Waals surface area contributed by atoms with Gasteiger partial charge in [-0.05, 0) is 31.2 Å². The molecule has 1 N–H and O–H groups in total. The Kier molecular flexibility index (Phi) is 3.92. The van der Waals surface area contributed by atoms with Crippen molar-refractivity contribution >= 4 is 26.6 Å². The van der Waals surface area contributed by atoms with Crippen LogP contribution in [-0.2, 0) is 10.0 Å². The summed E-state index contributed by atoms with van der Waals surface area (Å²) in [5.74, 6) is 0.540. The number of rotatable bonds is 4. The molecule has 0 aliphatic carbocycles. The number of aromatic nitrogens is 1. The van der Waals surface area contributed by atoms with Crippen molar-refractivity contribution in [2.75, 3.05) is 11.8 Å². The Morgan fingerprint density at radius 3 is 2.52 bits per heavy atom. The monoisotopic (exact) mass is 328 g/mol. The van der Waals surface area contributed by atoms with E-state index in [1.165, 1.54) is 7.11 Å². The molecule has 0 amide bonds. The van der Waals surface area contributed by atoms with Crippen LogP contribution >= 0.6 is 0 Å². The van der Waals surface area contributed by atoms with Crippen molar-refractivity contribution < 1.29 is 13.2 Å². The van der Waals surface area contributed by atoms with Crippen molar-refractivity contribution in [3.63, 3.8) is 0 Å². The molecule has 0 saturated carbocycles. The van der Waals surface area contributed by atoms with Crippen LogP contribution in [0, 0.1) is 6.92 Å². The normalized spacial score (nSPS) is 11.4. The molecule has 1 heterocycles. The molecule has 0 radical (unpaired) electrons. The summed E-state index contributed by atoms with van der Waals surface area (Å²) in [6.45, 7) is 1.91. The number of aryl methyl sites for hydroxylation is 1. The van der Waals surface area contributed by atoms with Gasteiger partial charge in [0.15, 0.2) is 0 Å². The number of fused-ring (bicyclic) bond motifs is 1. The fraction of sp³-hybridized carbons (Fsp3) is 0.118. The van der Waals surface area contributed by atoms with Gasteiger partial charge in [0, 0.05) is 23.7 Å². The summed E-state index contributed by atoms with van der Waals surface area (Å²) in [5, 5.41) is 0.712. The fourth-order valence-corrected chi connectivity index (χ4v) is 3.35. The first-order valence-corrected chi connectivity index (χ1v) is 8.50. The van der Waals surface area contributed by atoms with Crippen LogP contribution in [-0.4, -0.2) is 20.5 Å². The smallest absolute Gasteiger partial charge is 0.261 e. The second-order valence-corrected chi connectivity index (χ2v) is 6.85.